The lowest BCUT2D eigenvalue weighted by atomic mass is 10.1. The van der Waals surface area contributed by atoms with E-state index < -0.39 is 0 Å². The van der Waals surface area contributed by atoms with Crippen molar-refractivity contribution in [3.8, 4) is 0 Å². The summed E-state index contributed by atoms with van der Waals surface area (Å²) in [6.07, 6.45) is 10.9. The number of hydrogen-bond acceptors (Lipinski definition) is 3. The summed E-state index contributed by atoms with van der Waals surface area (Å²) in [5.74, 6) is 1.34. The van der Waals surface area contributed by atoms with E-state index in [4.69, 9.17) is 0 Å². The molecule has 2 aromatic rings. The number of rotatable bonds is 7. The SMILES string of the molecule is O=C(CCCCCc1cccs1)N[C@H]1CCc2nccn2C1. The van der Waals surface area contributed by atoms with Crippen molar-refractivity contribution in [2.45, 2.75) is 57.5 Å². The first-order chi connectivity index (χ1) is 10.8. The number of thiophene rings is 1. The molecule has 1 aliphatic heterocycles. The third-order valence-corrected chi connectivity index (χ3v) is 5.14. The monoisotopic (exact) mass is 317 g/mol. The second-order valence-electron chi connectivity index (χ2n) is 5.94. The molecule has 0 fully saturated rings. The number of unbranched alkanes of at least 4 members (excludes halogenated alkanes) is 2. The molecule has 118 valence electrons. The fourth-order valence-corrected chi connectivity index (χ4v) is 3.75. The molecule has 3 rings (SSSR count). The first-order valence-electron chi connectivity index (χ1n) is 8.13. The third-order valence-electron chi connectivity index (χ3n) is 4.21. The minimum atomic E-state index is 0.199. The Balaban J connectivity index is 1.30. The first kappa shape index (κ1) is 15.3. The zero-order chi connectivity index (χ0) is 15.2. The van der Waals surface area contributed by atoms with Gasteiger partial charge in [0.25, 0.3) is 0 Å². The van der Waals surface area contributed by atoms with Gasteiger partial charge < -0.3 is 9.88 Å². The fraction of sp³-hybridized carbons (Fsp3) is 0.529. The number of imidazole rings is 1. The Kier molecular flexibility index (Phi) is 5.27. The zero-order valence-electron chi connectivity index (χ0n) is 12.8. The summed E-state index contributed by atoms with van der Waals surface area (Å²) in [6.45, 7) is 0.861. The number of hydrogen-bond donors (Lipinski definition) is 1. The van der Waals surface area contributed by atoms with E-state index in [9.17, 15) is 4.79 Å². The van der Waals surface area contributed by atoms with Crippen molar-refractivity contribution >= 4 is 17.2 Å². The lowest BCUT2D eigenvalue weighted by Crippen LogP contribution is -2.40. The van der Waals surface area contributed by atoms with Crippen LogP contribution in [0.5, 0.6) is 0 Å². The average Bonchev–Trinajstić information content (AvgIpc) is 3.17. The molecule has 0 aromatic carbocycles. The van der Waals surface area contributed by atoms with E-state index in [1.165, 1.54) is 11.3 Å². The van der Waals surface area contributed by atoms with Gasteiger partial charge in [-0.1, -0.05) is 12.5 Å². The largest absolute Gasteiger partial charge is 0.352 e. The second kappa shape index (κ2) is 7.58. The maximum atomic E-state index is 12.0. The van der Waals surface area contributed by atoms with Crippen molar-refractivity contribution in [3.63, 3.8) is 0 Å². The summed E-state index contributed by atoms with van der Waals surface area (Å²) >= 11 is 1.82. The molecule has 4 nitrogen and oxygen atoms in total. The maximum Gasteiger partial charge on any atom is 0.220 e. The predicted molar refractivity (Wildman–Crippen MR) is 89.0 cm³/mol. The van der Waals surface area contributed by atoms with Crippen LogP contribution in [0.3, 0.4) is 0 Å². The highest BCUT2D eigenvalue weighted by Gasteiger charge is 2.19. The average molecular weight is 317 g/mol. The number of aryl methyl sites for hydroxylation is 2. The van der Waals surface area contributed by atoms with Crippen LogP contribution < -0.4 is 5.32 Å². The van der Waals surface area contributed by atoms with Crippen LogP contribution in [0.15, 0.2) is 29.9 Å². The van der Waals surface area contributed by atoms with Crippen LogP contribution >= 0.6 is 11.3 Å². The van der Waals surface area contributed by atoms with Crippen LogP contribution in [0.25, 0.3) is 0 Å². The van der Waals surface area contributed by atoms with E-state index in [1.54, 1.807) is 0 Å². The van der Waals surface area contributed by atoms with Crippen LogP contribution in [0.1, 0.15) is 42.8 Å². The highest BCUT2D eigenvalue weighted by atomic mass is 32.1. The number of carbonyl (C=O) groups is 1. The van der Waals surface area contributed by atoms with E-state index in [0.29, 0.717) is 6.42 Å². The lowest BCUT2D eigenvalue weighted by Gasteiger charge is -2.24. The van der Waals surface area contributed by atoms with Crippen molar-refractivity contribution < 1.29 is 4.79 Å². The quantitative estimate of drug-likeness (QED) is 0.797. The highest BCUT2D eigenvalue weighted by molar-refractivity contribution is 7.09. The van der Waals surface area contributed by atoms with Crippen LogP contribution in [-0.4, -0.2) is 21.5 Å². The van der Waals surface area contributed by atoms with Gasteiger partial charge in [0.2, 0.25) is 5.91 Å². The molecular formula is C17H23N3OS. The third kappa shape index (κ3) is 4.19. The molecule has 22 heavy (non-hydrogen) atoms. The zero-order valence-corrected chi connectivity index (χ0v) is 13.6. The fourth-order valence-electron chi connectivity index (χ4n) is 3.00. The molecule has 0 aliphatic carbocycles. The molecular weight excluding hydrogens is 294 g/mol. The minimum absolute atomic E-state index is 0.199. The Morgan fingerprint density at radius 1 is 1.41 bits per heavy atom. The Hall–Kier alpha value is -1.62. The predicted octanol–water partition coefficient (Wildman–Crippen LogP) is 3.18. The molecule has 0 saturated heterocycles. The Morgan fingerprint density at radius 3 is 3.23 bits per heavy atom. The van der Waals surface area contributed by atoms with Gasteiger partial charge in [-0.05, 0) is 37.1 Å². The molecule has 0 saturated carbocycles. The number of aromatic nitrogens is 2. The van der Waals surface area contributed by atoms with Crippen LogP contribution in [-0.2, 0) is 24.2 Å². The van der Waals surface area contributed by atoms with E-state index in [1.807, 2.05) is 23.7 Å². The van der Waals surface area contributed by atoms with Crippen molar-refractivity contribution in [1.82, 2.24) is 14.9 Å². The van der Waals surface area contributed by atoms with Crippen molar-refractivity contribution in [1.29, 1.82) is 0 Å². The van der Waals surface area contributed by atoms with E-state index in [2.05, 4.69) is 32.4 Å². The molecule has 5 heteroatoms. The Morgan fingerprint density at radius 2 is 2.36 bits per heavy atom. The van der Waals surface area contributed by atoms with E-state index >= 15 is 0 Å². The smallest absolute Gasteiger partial charge is 0.220 e. The standard InChI is InChI=1S/C17H23N3OS/c21-17(7-3-1-2-5-15-6-4-12-22-15)19-14-8-9-16-18-10-11-20(16)13-14/h4,6,10-12,14H,1-3,5,7-9,13H2,(H,19,21)/t14-/m0/s1. The summed E-state index contributed by atoms with van der Waals surface area (Å²) in [5.41, 5.74) is 0. The van der Waals surface area contributed by atoms with Gasteiger partial charge in [0.1, 0.15) is 5.82 Å². The van der Waals surface area contributed by atoms with Crippen molar-refractivity contribution in [2.24, 2.45) is 0 Å². The van der Waals surface area contributed by atoms with Gasteiger partial charge in [-0.25, -0.2) is 4.98 Å². The van der Waals surface area contributed by atoms with Crippen LogP contribution in [0, 0.1) is 0 Å². The molecule has 0 bridgehead atoms. The van der Waals surface area contributed by atoms with E-state index in [-0.39, 0.29) is 11.9 Å². The number of carbonyl (C=O) groups excluding carboxylic acids is 1. The van der Waals surface area contributed by atoms with Crippen LogP contribution in [0.2, 0.25) is 0 Å². The van der Waals surface area contributed by atoms with Crippen molar-refractivity contribution in [2.75, 3.05) is 0 Å². The van der Waals surface area contributed by atoms with Gasteiger partial charge in [0.15, 0.2) is 0 Å². The molecule has 0 spiro atoms. The topological polar surface area (TPSA) is 46.9 Å². The number of amides is 1. The van der Waals surface area contributed by atoms with Gasteiger partial charge in [0, 0.05) is 42.7 Å². The molecule has 1 atom stereocenters. The lowest BCUT2D eigenvalue weighted by molar-refractivity contribution is -0.122. The summed E-state index contributed by atoms with van der Waals surface area (Å²) < 4.78 is 2.15. The summed E-state index contributed by atoms with van der Waals surface area (Å²) in [7, 11) is 0. The van der Waals surface area contributed by atoms with Gasteiger partial charge in [-0.3, -0.25) is 4.79 Å². The molecule has 1 N–H and O–H groups in total. The molecule has 1 aliphatic rings. The summed E-state index contributed by atoms with van der Waals surface area (Å²) in [4.78, 5) is 17.8. The molecule has 0 unspecified atom stereocenters. The Labute approximate surface area is 135 Å². The molecule has 0 radical (unpaired) electrons. The molecule has 3 heterocycles. The van der Waals surface area contributed by atoms with Crippen molar-refractivity contribution in [3.05, 3.63) is 40.6 Å². The second-order valence-corrected chi connectivity index (χ2v) is 6.97. The van der Waals surface area contributed by atoms with Crippen LogP contribution in [0.4, 0.5) is 0 Å². The highest BCUT2D eigenvalue weighted by Crippen LogP contribution is 2.15. The van der Waals surface area contributed by atoms with Gasteiger partial charge >= 0.3 is 0 Å². The van der Waals surface area contributed by atoms with Gasteiger partial charge in [-0.15, -0.1) is 11.3 Å². The number of fused-ring (bicyclic) bond motifs is 1. The number of nitrogens with one attached hydrogen (secondary N) is 1. The van der Waals surface area contributed by atoms with Gasteiger partial charge in [0.05, 0.1) is 0 Å². The summed E-state index contributed by atoms with van der Waals surface area (Å²) in [5, 5.41) is 5.29. The number of nitrogens with zero attached hydrogens (tertiary/aromatic N) is 2. The molecule has 1 amide bonds. The molecule has 2 aromatic heterocycles. The first-order valence-corrected chi connectivity index (χ1v) is 9.01. The van der Waals surface area contributed by atoms with Gasteiger partial charge in [-0.2, -0.15) is 0 Å². The normalized spacial score (nSPS) is 17.2. The maximum absolute atomic E-state index is 12.0. The summed E-state index contributed by atoms with van der Waals surface area (Å²) in [6, 6.07) is 4.55. The Bertz CT molecular complexity index is 591. The van der Waals surface area contributed by atoms with E-state index in [0.717, 1.165) is 44.5 Å². The minimum Gasteiger partial charge on any atom is -0.352 e.